The van der Waals surface area contributed by atoms with Crippen molar-refractivity contribution < 1.29 is 13.2 Å². The van der Waals surface area contributed by atoms with Gasteiger partial charge in [-0.25, -0.2) is 8.42 Å². The summed E-state index contributed by atoms with van der Waals surface area (Å²) in [4.78, 5) is 11.3. The number of benzene rings is 1. The predicted octanol–water partition coefficient (Wildman–Crippen LogP) is 0.736. The van der Waals surface area contributed by atoms with Crippen molar-refractivity contribution >= 4 is 27.3 Å². The average molecular weight is 271 g/mol. The first-order valence-corrected chi connectivity index (χ1v) is 7.22. The lowest BCUT2D eigenvalue weighted by atomic mass is 10.3. The van der Waals surface area contributed by atoms with Gasteiger partial charge < -0.3 is 11.1 Å². The van der Waals surface area contributed by atoms with E-state index in [9.17, 15) is 13.2 Å². The number of hydrogen-bond acceptors (Lipinski definition) is 4. The van der Waals surface area contributed by atoms with Gasteiger partial charge in [0.1, 0.15) is 0 Å². The molecular formula is C11H17N3O3S. The van der Waals surface area contributed by atoms with Crippen LogP contribution < -0.4 is 15.8 Å². The number of nitrogens with one attached hydrogen (secondary N) is 2. The molecule has 0 radical (unpaired) electrons. The molecule has 1 rings (SSSR count). The lowest BCUT2D eigenvalue weighted by Crippen LogP contribution is -2.16. The summed E-state index contributed by atoms with van der Waals surface area (Å²) in [7, 11) is -3.27. The van der Waals surface area contributed by atoms with Gasteiger partial charge in [-0.2, -0.15) is 0 Å². The molecule has 1 aromatic rings. The maximum atomic E-state index is 11.3. The Morgan fingerprint density at radius 1 is 1.22 bits per heavy atom. The molecule has 7 heteroatoms. The highest BCUT2D eigenvalue weighted by molar-refractivity contribution is 7.92. The van der Waals surface area contributed by atoms with Crippen LogP contribution in [0.2, 0.25) is 0 Å². The molecule has 18 heavy (non-hydrogen) atoms. The van der Waals surface area contributed by atoms with E-state index in [1.54, 1.807) is 31.2 Å². The third-order valence-corrected chi connectivity index (χ3v) is 3.50. The first kappa shape index (κ1) is 14.5. The zero-order valence-electron chi connectivity index (χ0n) is 10.1. The molecule has 100 valence electrons. The minimum Gasteiger partial charge on any atom is -0.330 e. The number of carbonyl (C=O) groups excluding carboxylic acids is 1. The number of rotatable bonds is 6. The molecule has 0 aliphatic rings. The zero-order chi connectivity index (χ0) is 13.6. The highest BCUT2D eigenvalue weighted by atomic mass is 32.2. The van der Waals surface area contributed by atoms with Crippen molar-refractivity contribution in [1.82, 2.24) is 0 Å². The van der Waals surface area contributed by atoms with Gasteiger partial charge >= 0.3 is 0 Å². The Balaban J connectivity index is 2.66. The minimum absolute atomic E-state index is 0.0159. The summed E-state index contributed by atoms with van der Waals surface area (Å²) in [6.07, 6.45) is 0.254. The second-order valence-electron chi connectivity index (χ2n) is 3.67. The Bertz CT molecular complexity index is 497. The molecule has 0 fully saturated rings. The molecule has 0 saturated heterocycles. The predicted molar refractivity (Wildman–Crippen MR) is 71.8 cm³/mol. The Hall–Kier alpha value is -1.60. The van der Waals surface area contributed by atoms with Gasteiger partial charge in [0.25, 0.3) is 0 Å². The van der Waals surface area contributed by atoms with Gasteiger partial charge in [0.2, 0.25) is 15.9 Å². The summed E-state index contributed by atoms with van der Waals surface area (Å²) in [6, 6.07) is 6.43. The minimum atomic E-state index is -3.27. The molecule has 6 nitrogen and oxygen atoms in total. The van der Waals surface area contributed by atoms with Crippen molar-refractivity contribution in [3.05, 3.63) is 24.3 Å². The lowest BCUT2D eigenvalue weighted by Gasteiger charge is -2.08. The fourth-order valence-electron chi connectivity index (χ4n) is 1.23. The quantitative estimate of drug-likeness (QED) is 0.710. The van der Waals surface area contributed by atoms with Crippen LogP contribution in [0.5, 0.6) is 0 Å². The molecule has 1 aromatic carbocycles. The topological polar surface area (TPSA) is 101 Å². The molecular weight excluding hydrogens is 254 g/mol. The van der Waals surface area contributed by atoms with Crippen molar-refractivity contribution in [2.24, 2.45) is 5.73 Å². The second-order valence-corrected chi connectivity index (χ2v) is 5.68. The standard InChI is InChI=1S/C11H17N3O3S/c1-2-18(16,17)14-10-5-3-9(4-6-10)13-11(15)7-8-12/h3-6,14H,2,7-8,12H2,1H3,(H,13,15). The number of carbonyl (C=O) groups is 1. The number of amides is 1. The van der Waals surface area contributed by atoms with Crippen molar-refractivity contribution in [2.45, 2.75) is 13.3 Å². The number of anilines is 2. The van der Waals surface area contributed by atoms with E-state index in [0.29, 0.717) is 17.9 Å². The zero-order valence-corrected chi connectivity index (χ0v) is 11.0. The third-order valence-electron chi connectivity index (χ3n) is 2.19. The molecule has 0 saturated carbocycles. The maximum absolute atomic E-state index is 11.3. The van der Waals surface area contributed by atoms with Crippen LogP contribution in [0.1, 0.15) is 13.3 Å². The molecule has 0 heterocycles. The summed E-state index contributed by atoms with van der Waals surface area (Å²) >= 11 is 0. The number of hydrogen-bond donors (Lipinski definition) is 3. The van der Waals surface area contributed by atoms with E-state index in [4.69, 9.17) is 5.73 Å². The average Bonchev–Trinajstić information content (AvgIpc) is 2.32. The van der Waals surface area contributed by atoms with Crippen LogP contribution in [0.15, 0.2) is 24.3 Å². The first-order chi connectivity index (χ1) is 8.46. The molecule has 0 spiro atoms. The largest absolute Gasteiger partial charge is 0.330 e. The summed E-state index contributed by atoms with van der Waals surface area (Å²) in [5.74, 6) is -0.151. The van der Waals surface area contributed by atoms with Crippen molar-refractivity contribution in [2.75, 3.05) is 22.3 Å². The Kier molecular flexibility index (Phi) is 5.11. The normalized spacial score (nSPS) is 11.0. The summed E-state index contributed by atoms with van der Waals surface area (Å²) in [5, 5.41) is 2.65. The van der Waals surface area contributed by atoms with Gasteiger partial charge in [0, 0.05) is 24.3 Å². The van der Waals surface area contributed by atoms with Crippen LogP contribution in [0.3, 0.4) is 0 Å². The van der Waals surface area contributed by atoms with Crippen LogP contribution in [-0.2, 0) is 14.8 Å². The van der Waals surface area contributed by atoms with E-state index in [0.717, 1.165) is 0 Å². The van der Waals surface area contributed by atoms with E-state index in [1.807, 2.05) is 0 Å². The SMILES string of the molecule is CCS(=O)(=O)Nc1ccc(NC(=O)CCN)cc1. The van der Waals surface area contributed by atoms with Gasteiger partial charge in [-0.1, -0.05) is 0 Å². The molecule has 0 aliphatic heterocycles. The molecule has 4 N–H and O–H groups in total. The van der Waals surface area contributed by atoms with E-state index in [2.05, 4.69) is 10.0 Å². The van der Waals surface area contributed by atoms with Gasteiger partial charge in [-0.3, -0.25) is 9.52 Å². The van der Waals surface area contributed by atoms with Crippen LogP contribution in [0, 0.1) is 0 Å². The van der Waals surface area contributed by atoms with Crippen LogP contribution in [-0.4, -0.2) is 26.6 Å². The summed E-state index contributed by atoms with van der Waals surface area (Å²) in [6.45, 7) is 1.85. The Labute approximate surface area is 107 Å². The fourth-order valence-corrected chi connectivity index (χ4v) is 1.87. The van der Waals surface area contributed by atoms with E-state index < -0.39 is 10.0 Å². The molecule has 1 amide bonds. The highest BCUT2D eigenvalue weighted by Crippen LogP contribution is 2.14. The molecule has 0 aliphatic carbocycles. The molecule has 0 atom stereocenters. The summed E-state index contributed by atoms with van der Waals surface area (Å²) < 4.78 is 25.1. The van der Waals surface area contributed by atoms with E-state index >= 15 is 0 Å². The molecule has 0 aromatic heterocycles. The van der Waals surface area contributed by atoms with Crippen molar-refractivity contribution in [3.8, 4) is 0 Å². The Morgan fingerprint density at radius 2 is 1.78 bits per heavy atom. The van der Waals surface area contributed by atoms with Crippen molar-refractivity contribution in [3.63, 3.8) is 0 Å². The third kappa shape index (κ3) is 4.72. The van der Waals surface area contributed by atoms with Gasteiger partial charge in [-0.05, 0) is 31.2 Å². The van der Waals surface area contributed by atoms with Gasteiger partial charge in [-0.15, -0.1) is 0 Å². The second kappa shape index (κ2) is 6.36. The highest BCUT2D eigenvalue weighted by Gasteiger charge is 2.06. The molecule has 0 unspecified atom stereocenters. The number of sulfonamides is 1. The lowest BCUT2D eigenvalue weighted by molar-refractivity contribution is -0.116. The summed E-state index contributed by atoms with van der Waals surface area (Å²) in [5.41, 5.74) is 6.33. The van der Waals surface area contributed by atoms with Crippen LogP contribution >= 0.6 is 0 Å². The Morgan fingerprint density at radius 3 is 2.28 bits per heavy atom. The van der Waals surface area contributed by atoms with Crippen LogP contribution in [0.25, 0.3) is 0 Å². The monoisotopic (exact) mass is 271 g/mol. The molecule has 0 bridgehead atoms. The first-order valence-electron chi connectivity index (χ1n) is 5.57. The fraction of sp³-hybridized carbons (Fsp3) is 0.364. The van der Waals surface area contributed by atoms with E-state index in [1.165, 1.54) is 0 Å². The number of nitrogens with two attached hydrogens (primary N) is 1. The van der Waals surface area contributed by atoms with E-state index in [-0.39, 0.29) is 18.1 Å². The smallest absolute Gasteiger partial charge is 0.232 e. The van der Waals surface area contributed by atoms with Gasteiger partial charge in [0.15, 0.2) is 0 Å². The maximum Gasteiger partial charge on any atom is 0.232 e. The van der Waals surface area contributed by atoms with Crippen LogP contribution in [0.4, 0.5) is 11.4 Å². The van der Waals surface area contributed by atoms with Gasteiger partial charge in [0.05, 0.1) is 5.75 Å². The van der Waals surface area contributed by atoms with Crippen molar-refractivity contribution in [1.29, 1.82) is 0 Å².